The standard InChI is InChI=1S/C9H15OS/c1-8(2)6(10)9(3,4)7(8)11-5/h11H,5H2,1-4H3/q-1. The first-order valence-corrected chi connectivity index (χ1v) is 4.82. The van der Waals surface area contributed by atoms with Crippen LogP contribution >= 0.6 is 0 Å². The van der Waals surface area contributed by atoms with Crippen LogP contribution in [0.15, 0.2) is 0 Å². The molecule has 0 N–H and O–H groups in total. The molecule has 1 rings (SSSR count). The normalized spacial score (nSPS) is 26.5. The Morgan fingerprint density at radius 3 is 1.73 bits per heavy atom. The lowest BCUT2D eigenvalue weighted by Crippen LogP contribution is -2.61. The molecule has 0 heterocycles. The quantitative estimate of drug-likeness (QED) is 0.302. The zero-order valence-electron chi connectivity index (χ0n) is 7.56. The molecule has 0 aliphatic heterocycles. The van der Waals surface area contributed by atoms with E-state index in [0.29, 0.717) is 5.78 Å². The maximum atomic E-state index is 11.5. The van der Waals surface area contributed by atoms with Gasteiger partial charge in [0.1, 0.15) is 5.78 Å². The Morgan fingerprint density at radius 1 is 1.18 bits per heavy atom. The van der Waals surface area contributed by atoms with Crippen LogP contribution in [0.1, 0.15) is 27.7 Å². The molecule has 0 aromatic carbocycles. The molecule has 1 nitrogen and oxygen atoms in total. The zero-order chi connectivity index (χ0) is 8.86. The molecule has 2 heteroatoms. The molecule has 0 atom stereocenters. The Kier molecular flexibility index (Phi) is 1.71. The summed E-state index contributed by atoms with van der Waals surface area (Å²) >= 11 is 0. The zero-order valence-corrected chi connectivity index (χ0v) is 8.46. The minimum Gasteiger partial charge on any atom is -0.492 e. The Balaban J connectivity index is 3.18. The lowest BCUT2D eigenvalue weighted by Gasteiger charge is -2.54. The molecular formula is C9H15OS-. The molecular weight excluding hydrogens is 156 g/mol. The van der Waals surface area contributed by atoms with Gasteiger partial charge in [0.05, 0.1) is 0 Å². The molecule has 1 aliphatic rings. The highest BCUT2D eigenvalue weighted by Gasteiger charge is 2.52. The molecule has 0 bridgehead atoms. The van der Waals surface area contributed by atoms with Crippen LogP contribution in [0, 0.1) is 10.8 Å². The number of ketones is 1. The minimum atomic E-state index is -0.215. The van der Waals surface area contributed by atoms with Gasteiger partial charge in [-0.1, -0.05) is 27.7 Å². The largest absolute Gasteiger partial charge is 0.492 e. The second kappa shape index (κ2) is 2.13. The van der Waals surface area contributed by atoms with E-state index in [9.17, 15) is 4.79 Å². The molecule has 1 aliphatic carbocycles. The lowest BCUT2D eigenvalue weighted by molar-refractivity contribution is -0.134. The summed E-state index contributed by atoms with van der Waals surface area (Å²) in [5.41, 5.74) is -0.431. The van der Waals surface area contributed by atoms with E-state index >= 15 is 0 Å². The van der Waals surface area contributed by atoms with E-state index in [1.807, 2.05) is 27.7 Å². The third kappa shape index (κ3) is 0.886. The second-order valence-corrected chi connectivity index (χ2v) is 4.85. The van der Waals surface area contributed by atoms with Crippen molar-refractivity contribution >= 4 is 27.5 Å². The van der Waals surface area contributed by atoms with Crippen molar-refractivity contribution in [2.45, 2.75) is 27.7 Å². The van der Waals surface area contributed by atoms with Gasteiger partial charge in [0.15, 0.2) is 0 Å². The van der Waals surface area contributed by atoms with Gasteiger partial charge in [-0.3, -0.25) is 4.79 Å². The van der Waals surface area contributed by atoms with E-state index in [0.717, 1.165) is 10.9 Å². The van der Waals surface area contributed by atoms with Gasteiger partial charge in [-0.2, -0.15) is 4.86 Å². The summed E-state index contributed by atoms with van der Waals surface area (Å²) in [5.74, 6) is 4.16. The summed E-state index contributed by atoms with van der Waals surface area (Å²) in [6.45, 7) is 7.92. The highest BCUT2D eigenvalue weighted by molar-refractivity contribution is 7.77. The molecule has 0 unspecified atom stereocenters. The molecule has 0 radical (unpaired) electrons. The molecule has 0 spiro atoms. The first kappa shape index (κ1) is 8.85. The van der Waals surface area contributed by atoms with Crippen LogP contribution in [0.2, 0.25) is 0 Å². The van der Waals surface area contributed by atoms with Gasteiger partial charge in [-0.05, 0) is 0 Å². The van der Waals surface area contributed by atoms with Gasteiger partial charge < -0.3 is 10.9 Å². The average Bonchev–Trinajstić information content (AvgIpc) is 1.86. The topological polar surface area (TPSA) is 17.1 Å². The monoisotopic (exact) mass is 171 g/mol. The minimum absolute atomic E-state index is 0.215. The Hall–Kier alpha value is -0.240. The maximum Gasteiger partial charge on any atom is 0.147 e. The van der Waals surface area contributed by atoms with E-state index in [4.69, 9.17) is 0 Å². The van der Waals surface area contributed by atoms with Crippen LogP contribution in [-0.2, 0) is 15.7 Å². The molecule has 1 fully saturated rings. The maximum absolute atomic E-state index is 11.5. The Labute approximate surface area is 71.3 Å². The smallest absolute Gasteiger partial charge is 0.147 e. The molecule has 0 aromatic rings. The molecule has 0 amide bonds. The van der Waals surface area contributed by atoms with Crippen molar-refractivity contribution < 1.29 is 4.79 Å². The summed E-state index contributed by atoms with van der Waals surface area (Å²) in [7, 11) is 1.01. The Bertz CT molecular complexity index is 247. The summed E-state index contributed by atoms with van der Waals surface area (Å²) in [6, 6.07) is 0. The van der Waals surface area contributed by atoms with E-state index in [1.54, 1.807) is 0 Å². The summed E-state index contributed by atoms with van der Waals surface area (Å²) < 4.78 is 0. The number of carbonyl (C=O) groups is 1. The van der Waals surface area contributed by atoms with Gasteiger partial charge in [0.25, 0.3) is 0 Å². The lowest BCUT2D eigenvalue weighted by atomic mass is 9.55. The summed E-state index contributed by atoms with van der Waals surface area (Å²) in [6.07, 6.45) is 0. The number of hydrogen-bond donors (Lipinski definition) is 0. The van der Waals surface area contributed by atoms with E-state index in [1.165, 1.54) is 4.86 Å². The third-order valence-electron chi connectivity index (χ3n) is 2.48. The van der Waals surface area contributed by atoms with E-state index in [-0.39, 0.29) is 10.8 Å². The highest BCUT2D eigenvalue weighted by atomic mass is 32.1. The number of rotatable bonds is 0. The van der Waals surface area contributed by atoms with Crippen molar-refractivity contribution in [2.24, 2.45) is 10.8 Å². The van der Waals surface area contributed by atoms with Crippen molar-refractivity contribution in [1.29, 1.82) is 0 Å². The fourth-order valence-electron chi connectivity index (χ4n) is 2.11. The molecule has 0 aromatic heterocycles. The third-order valence-corrected chi connectivity index (χ3v) is 3.91. The summed E-state index contributed by atoms with van der Waals surface area (Å²) in [5, 5.41) is 0. The van der Waals surface area contributed by atoms with Crippen molar-refractivity contribution in [3.05, 3.63) is 0 Å². The fraction of sp³-hybridized carbons (Fsp3) is 0.667. The number of carbonyl (C=O) groups excluding carboxylic acids is 1. The van der Waals surface area contributed by atoms with Crippen LogP contribution in [0.3, 0.4) is 0 Å². The second-order valence-electron chi connectivity index (χ2n) is 4.09. The SMILES string of the molecule is C=[SH-]=C1C(C)(C)C(=O)C1(C)C. The van der Waals surface area contributed by atoms with E-state index < -0.39 is 0 Å². The molecule has 0 saturated heterocycles. The first-order chi connectivity index (χ1) is 4.85. The molecule has 1 saturated carbocycles. The molecule has 64 valence electrons. The number of thiol groups is 1. The highest BCUT2D eigenvalue weighted by Crippen LogP contribution is 2.46. The number of Topliss-reactive ketones (excluding diaryl/α,β-unsaturated/α-hetero) is 1. The van der Waals surface area contributed by atoms with E-state index in [2.05, 4.69) is 5.87 Å². The van der Waals surface area contributed by atoms with Crippen molar-refractivity contribution in [2.75, 3.05) is 0 Å². The van der Waals surface area contributed by atoms with Gasteiger partial charge in [0, 0.05) is 10.8 Å². The summed E-state index contributed by atoms with van der Waals surface area (Å²) in [4.78, 5) is 12.8. The van der Waals surface area contributed by atoms with Gasteiger partial charge in [-0.25, -0.2) is 5.87 Å². The van der Waals surface area contributed by atoms with Gasteiger partial charge in [-0.15, -0.1) is 0 Å². The van der Waals surface area contributed by atoms with Crippen molar-refractivity contribution in [3.63, 3.8) is 0 Å². The Morgan fingerprint density at radius 2 is 1.55 bits per heavy atom. The number of hydrogen-bond acceptors (Lipinski definition) is 2. The van der Waals surface area contributed by atoms with Gasteiger partial charge >= 0.3 is 0 Å². The van der Waals surface area contributed by atoms with Crippen molar-refractivity contribution in [1.82, 2.24) is 0 Å². The predicted octanol–water partition coefficient (Wildman–Crippen LogP) is 1.04. The van der Waals surface area contributed by atoms with Crippen LogP contribution in [0.4, 0.5) is 0 Å². The van der Waals surface area contributed by atoms with Crippen LogP contribution in [0.5, 0.6) is 0 Å². The van der Waals surface area contributed by atoms with Crippen LogP contribution < -0.4 is 0 Å². The van der Waals surface area contributed by atoms with Crippen molar-refractivity contribution in [3.8, 4) is 0 Å². The molecule has 11 heavy (non-hydrogen) atoms. The van der Waals surface area contributed by atoms with Gasteiger partial charge in [0.2, 0.25) is 0 Å². The average molecular weight is 171 g/mol. The fourth-order valence-corrected chi connectivity index (χ4v) is 3.10. The van der Waals surface area contributed by atoms with Crippen LogP contribution in [-0.4, -0.2) is 16.5 Å². The predicted molar refractivity (Wildman–Crippen MR) is 53.5 cm³/mol. The first-order valence-electron chi connectivity index (χ1n) is 3.74. The van der Waals surface area contributed by atoms with Crippen LogP contribution in [0.25, 0.3) is 0 Å².